The number of rotatable bonds is 7. The Morgan fingerprint density at radius 1 is 1.32 bits per heavy atom. The van der Waals surface area contributed by atoms with Gasteiger partial charge in [-0.1, -0.05) is 19.9 Å². The van der Waals surface area contributed by atoms with Crippen LogP contribution in [0, 0.1) is 5.92 Å². The standard InChI is InChI=1S/C15H27N3S/c1-5-16-15(17-11-14-7-6-10-19-14)18-13(4)9-8-12(2)3/h6-7,10,12-13H,5,8-9,11H2,1-4H3,(H2,16,17,18). The van der Waals surface area contributed by atoms with Crippen LogP contribution in [0.4, 0.5) is 0 Å². The normalized spacial score (nSPS) is 13.6. The topological polar surface area (TPSA) is 36.4 Å². The van der Waals surface area contributed by atoms with Gasteiger partial charge in [0, 0.05) is 17.5 Å². The van der Waals surface area contributed by atoms with Gasteiger partial charge in [0.25, 0.3) is 0 Å². The van der Waals surface area contributed by atoms with Crippen molar-refractivity contribution in [3.63, 3.8) is 0 Å². The quantitative estimate of drug-likeness (QED) is 0.591. The molecule has 108 valence electrons. The van der Waals surface area contributed by atoms with E-state index in [2.05, 4.69) is 60.8 Å². The molecule has 0 radical (unpaired) electrons. The van der Waals surface area contributed by atoms with E-state index < -0.39 is 0 Å². The van der Waals surface area contributed by atoms with E-state index in [0.717, 1.165) is 25.0 Å². The summed E-state index contributed by atoms with van der Waals surface area (Å²) < 4.78 is 0. The van der Waals surface area contributed by atoms with Gasteiger partial charge in [0.1, 0.15) is 0 Å². The summed E-state index contributed by atoms with van der Waals surface area (Å²) in [5.41, 5.74) is 0. The van der Waals surface area contributed by atoms with E-state index in [0.29, 0.717) is 6.04 Å². The van der Waals surface area contributed by atoms with Gasteiger partial charge in [-0.25, -0.2) is 4.99 Å². The van der Waals surface area contributed by atoms with E-state index in [-0.39, 0.29) is 0 Å². The van der Waals surface area contributed by atoms with Crippen molar-refractivity contribution in [1.82, 2.24) is 10.6 Å². The Hall–Kier alpha value is -1.03. The van der Waals surface area contributed by atoms with Gasteiger partial charge in [-0.15, -0.1) is 11.3 Å². The molecule has 0 amide bonds. The Labute approximate surface area is 121 Å². The first-order valence-electron chi connectivity index (χ1n) is 7.19. The van der Waals surface area contributed by atoms with Crippen LogP contribution in [0.25, 0.3) is 0 Å². The number of thiophene rings is 1. The maximum Gasteiger partial charge on any atom is 0.191 e. The molecule has 1 unspecified atom stereocenters. The highest BCUT2D eigenvalue weighted by Crippen LogP contribution is 2.09. The molecule has 1 rings (SSSR count). The molecule has 0 fully saturated rings. The van der Waals surface area contributed by atoms with E-state index in [1.54, 1.807) is 11.3 Å². The molecule has 1 heterocycles. The Bertz CT molecular complexity index is 357. The first-order valence-corrected chi connectivity index (χ1v) is 8.07. The lowest BCUT2D eigenvalue weighted by atomic mass is 10.0. The first-order chi connectivity index (χ1) is 9.11. The van der Waals surface area contributed by atoms with Crippen molar-refractivity contribution >= 4 is 17.3 Å². The molecule has 0 aliphatic carbocycles. The minimum Gasteiger partial charge on any atom is -0.357 e. The van der Waals surface area contributed by atoms with E-state index in [9.17, 15) is 0 Å². The molecular weight excluding hydrogens is 254 g/mol. The van der Waals surface area contributed by atoms with Gasteiger partial charge >= 0.3 is 0 Å². The average Bonchev–Trinajstić information content (AvgIpc) is 2.87. The molecule has 0 aromatic carbocycles. The monoisotopic (exact) mass is 281 g/mol. The third-order valence-electron chi connectivity index (χ3n) is 2.88. The molecule has 0 bridgehead atoms. The molecule has 4 heteroatoms. The Morgan fingerprint density at radius 2 is 2.11 bits per heavy atom. The van der Waals surface area contributed by atoms with Crippen molar-refractivity contribution in [2.75, 3.05) is 6.54 Å². The second-order valence-electron chi connectivity index (χ2n) is 5.29. The van der Waals surface area contributed by atoms with Gasteiger partial charge in [-0.05, 0) is 44.1 Å². The Morgan fingerprint density at radius 3 is 2.68 bits per heavy atom. The maximum absolute atomic E-state index is 4.63. The van der Waals surface area contributed by atoms with Gasteiger partial charge < -0.3 is 10.6 Å². The fraction of sp³-hybridized carbons (Fsp3) is 0.667. The molecule has 0 aliphatic rings. The van der Waals surface area contributed by atoms with Crippen molar-refractivity contribution in [3.8, 4) is 0 Å². The fourth-order valence-corrected chi connectivity index (χ4v) is 2.40. The molecule has 19 heavy (non-hydrogen) atoms. The van der Waals surface area contributed by atoms with Crippen LogP contribution >= 0.6 is 11.3 Å². The van der Waals surface area contributed by atoms with Crippen LogP contribution in [0.5, 0.6) is 0 Å². The maximum atomic E-state index is 4.63. The molecule has 1 atom stereocenters. The van der Waals surface area contributed by atoms with Crippen LogP contribution in [0.2, 0.25) is 0 Å². The summed E-state index contributed by atoms with van der Waals surface area (Å²) in [6, 6.07) is 4.66. The number of hydrogen-bond donors (Lipinski definition) is 2. The molecule has 0 aliphatic heterocycles. The molecule has 2 N–H and O–H groups in total. The van der Waals surface area contributed by atoms with Crippen LogP contribution in [0.15, 0.2) is 22.5 Å². The van der Waals surface area contributed by atoms with Crippen LogP contribution < -0.4 is 10.6 Å². The molecule has 1 aromatic rings. The summed E-state index contributed by atoms with van der Waals surface area (Å²) in [5.74, 6) is 1.68. The first kappa shape index (κ1) is 16.0. The number of nitrogens with one attached hydrogen (secondary N) is 2. The van der Waals surface area contributed by atoms with Crippen LogP contribution in [0.1, 0.15) is 45.4 Å². The summed E-state index contributed by atoms with van der Waals surface area (Å²) in [5, 5.41) is 8.88. The lowest BCUT2D eigenvalue weighted by molar-refractivity contribution is 0.489. The van der Waals surface area contributed by atoms with Gasteiger partial charge in [0.2, 0.25) is 0 Å². The summed E-state index contributed by atoms with van der Waals surface area (Å²) in [6.07, 6.45) is 2.43. The minimum atomic E-state index is 0.462. The molecule has 0 saturated carbocycles. The summed E-state index contributed by atoms with van der Waals surface area (Å²) in [4.78, 5) is 5.93. The summed E-state index contributed by atoms with van der Waals surface area (Å²) in [7, 11) is 0. The fourth-order valence-electron chi connectivity index (χ4n) is 1.77. The number of aliphatic imine (C=N–C) groups is 1. The van der Waals surface area contributed by atoms with Gasteiger partial charge in [0.05, 0.1) is 6.54 Å². The van der Waals surface area contributed by atoms with E-state index in [1.807, 2.05) is 0 Å². The number of guanidine groups is 1. The predicted octanol–water partition coefficient (Wildman–Crippen LogP) is 3.63. The van der Waals surface area contributed by atoms with Gasteiger partial charge in [-0.3, -0.25) is 0 Å². The largest absolute Gasteiger partial charge is 0.357 e. The highest BCUT2D eigenvalue weighted by molar-refractivity contribution is 7.09. The lowest BCUT2D eigenvalue weighted by Gasteiger charge is -2.18. The van der Waals surface area contributed by atoms with E-state index in [1.165, 1.54) is 17.7 Å². The SMILES string of the molecule is CCNC(=NCc1cccs1)NC(C)CCC(C)C. The second kappa shape index (κ2) is 8.97. The van der Waals surface area contributed by atoms with Crippen molar-refractivity contribution in [2.45, 2.75) is 53.1 Å². The molecule has 1 aromatic heterocycles. The van der Waals surface area contributed by atoms with Crippen molar-refractivity contribution < 1.29 is 0 Å². The van der Waals surface area contributed by atoms with Crippen molar-refractivity contribution in [1.29, 1.82) is 0 Å². The Balaban J connectivity index is 2.44. The third kappa shape index (κ3) is 7.21. The van der Waals surface area contributed by atoms with Crippen molar-refractivity contribution in [3.05, 3.63) is 22.4 Å². The summed E-state index contributed by atoms with van der Waals surface area (Å²) >= 11 is 1.75. The van der Waals surface area contributed by atoms with Gasteiger partial charge in [-0.2, -0.15) is 0 Å². The number of nitrogens with zero attached hydrogens (tertiary/aromatic N) is 1. The zero-order valence-corrected chi connectivity index (χ0v) is 13.4. The third-order valence-corrected chi connectivity index (χ3v) is 3.74. The summed E-state index contributed by atoms with van der Waals surface area (Å²) in [6.45, 7) is 10.5. The molecule has 0 spiro atoms. The van der Waals surface area contributed by atoms with E-state index in [4.69, 9.17) is 0 Å². The zero-order chi connectivity index (χ0) is 14.1. The average molecular weight is 281 g/mol. The van der Waals surface area contributed by atoms with Crippen LogP contribution in [-0.4, -0.2) is 18.5 Å². The molecule has 0 saturated heterocycles. The number of hydrogen-bond acceptors (Lipinski definition) is 2. The minimum absolute atomic E-state index is 0.462. The smallest absolute Gasteiger partial charge is 0.191 e. The van der Waals surface area contributed by atoms with E-state index >= 15 is 0 Å². The predicted molar refractivity (Wildman–Crippen MR) is 85.8 cm³/mol. The second-order valence-corrected chi connectivity index (χ2v) is 6.32. The lowest BCUT2D eigenvalue weighted by Crippen LogP contribution is -2.42. The molecular formula is C15H27N3S. The zero-order valence-electron chi connectivity index (χ0n) is 12.6. The Kier molecular flexibility index (Phi) is 7.56. The van der Waals surface area contributed by atoms with Crippen LogP contribution in [0.3, 0.4) is 0 Å². The molecule has 3 nitrogen and oxygen atoms in total. The highest BCUT2D eigenvalue weighted by Gasteiger charge is 2.06. The van der Waals surface area contributed by atoms with Crippen LogP contribution in [-0.2, 0) is 6.54 Å². The van der Waals surface area contributed by atoms with Gasteiger partial charge in [0.15, 0.2) is 5.96 Å². The highest BCUT2D eigenvalue weighted by atomic mass is 32.1. The van der Waals surface area contributed by atoms with Crippen molar-refractivity contribution in [2.24, 2.45) is 10.9 Å².